The average molecular weight is 225 g/mol. The van der Waals surface area contributed by atoms with Crippen LogP contribution in [0.2, 0.25) is 0 Å². The first-order valence-electron chi connectivity index (χ1n) is 5.14. The molecule has 1 aromatic heterocycles. The van der Waals surface area contributed by atoms with Gasteiger partial charge in [-0.15, -0.1) is 0 Å². The molecule has 1 amide bonds. The van der Waals surface area contributed by atoms with E-state index >= 15 is 0 Å². The zero-order valence-corrected chi connectivity index (χ0v) is 9.37. The molecular weight excluding hydrogens is 210 g/mol. The molecule has 6 nitrogen and oxygen atoms in total. The summed E-state index contributed by atoms with van der Waals surface area (Å²) >= 11 is 0. The number of nitrogens with one attached hydrogen (secondary N) is 2. The fourth-order valence-electron chi connectivity index (χ4n) is 1.20. The van der Waals surface area contributed by atoms with Crippen molar-refractivity contribution in [2.75, 3.05) is 6.54 Å². The van der Waals surface area contributed by atoms with Gasteiger partial charge in [0.25, 0.3) is 11.5 Å². The monoisotopic (exact) mass is 225 g/mol. The molecule has 0 fully saturated rings. The van der Waals surface area contributed by atoms with E-state index in [1.54, 1.807) is 0 Å². The Morgan fingerprint density at radius 2 is 2.19 bits per heavy atom. The van der Waals surface area contributed by atoms with Crippen LogP contribution < -0.4 is 16.6 Å². The summed E-state index contributed by atoms with van der Waals surface area (Å²) in [4.78, 5) is 36.5. The van der Waals surface area contributed by atoms with Crippen LogP contribution in [0.15, 0.2) is 15.8 Å². The standard InChI is InChI=1S/C10H15N3O3/c1-3-4-5-11-8(14)7-6-12-10(16)13(2)9(7)15/h6H,3-5H2,1-2H3,(H,11,14)(H,12,16). The zero-order chi connectivity index (χ0) is 12.1. The molecule has 0 bridgehead atoms. The van der Waals surface area contributed by atoms with Crippen molar-refractivity contribution in [1.82, 2.24) is 14.9 Å². The zero-order valence-electron chi connectivity index (χ0n) is 9.37. The number of hydrogen-bond acceptors (Lipinski definition) is 3. The van der Waals surface area contributed by atoms with Crippen molar-refractivity contribution in [3.05, 3.63) is 32.6 Å². The lowest BCUT2D eigenvalue weighted by atomic mass is 10.3. The van der Waals surface area contributed by atoms with Crippen LogP contribution in [0.1, 0.15) is 30.1 Å². The Hall–Kier alpha value is -1.85. The van der Waals surface area contributed by atoms with E-state index in [0.29, 0.717) is 6.54 Å². The minimum Gasteiger partial charge on any atom is -0.352 e. The SMILES string of the molecule is CCCCNC(=O)c1c[nH]c(=O)n(C)c1=O. The molecule has 0 unspecified atom stereocenters. The predicted molar refractivity (Wildman–Crippen MR) is 59.5 cm³/mol. The third kappa shape index (κ3) is 2.59. The van der Waals surface area contributed by atoms with E-state index in [-0.39, 0.29) is 5.56 Å². The number of nitrogens with zero attached hydrogens (tertiary/aromatic N) is 1. The van der Waals surface area contributed by atoms with Crippen molar-refractivity contribution in [3.8, 4) is 0 Å². The maximum Gasteiger partial charge on any atom is 0.328 e. The van der Waals surface area contributed by atoms with E-state index in [9.17, 15) is 14.4 Å². The fourth-order valence-corrected chi connectivity index (χ4v) is 1.20. The Morgan fingerprint density at radius 3 is 2.81 bits per heavy atom. The van der Waals surface area contributed by atoms with Gasteiger partial charge in [0.2, 0.25) is 0 Å². The maximum atomic E-state index is 11.6. The number of amides is 1. The van der Waals surface area contributed by atoms with Gasteiger partial charge in [0, 0.05) is 19.8 Å². The third-order valence-corrected chi connectivity index (χ3v) is 2.24. The minimum absolute atomic E-state index is 0.0433. The molecule has 0 spiro atoms. The molecule has 0 saturated carbocycles. The van der Waals surface area contributed by atoms with Gasteiger partial charge in [-0.25, -0.2) is 4.79 Å². The van der Waals surface area contributed by atoms with E-state index < -0.39 is 17.2 Å². The van der Waals surface area contributed by atoms with Gasteiger partial charge < -0.3 is 10.3 Å². The summed E-state index contributed by atoms with van der Waals surface area (Å²) < 4.78 is 0.870. The molecule has 0 aromatic carbocycles. The average Bonchev–Trinajstić information content (AvgIpc) is 2.26. The van der Waals surface area contributed by atoms with E-state index in [2.05, 4.69) is 10.3 Å². The van der Waals surface area contributed by atoms with E-state index in [0.717, 1.165) is 23.6 Å². The van der Waals surface area contributed by atoms with Crippen molar-refractivity contribution in [2.45, 2.75) is 19.8 Å². The van der Waals surface area contributed by atoms with Crippen molar-refractivity contribution < 1.29 is 4.79 Å². The van der Waals surface area contributed by atoms with Gasteiger partial charge in [0.05, 0.1) is 0 Å². The highest BCUT2D eigenvalue weighted by molar-refractivity contribution is 5.93. The van der Waals surface area contributed by atoms with Gasteiger partial charge in [-0.1, -0.05) is 13.3 Å². The summed E-state index contributed by atoms with van der Waals surface area (Å²) in [5.74, 6) is -0.453. The number of unbranched alkanes of at least 4 members (excludes halogenated alkanes) is 1. The number of rotatable bonds is 4. The lowest BCUT2D eigenvalue weighted by Gasteiger charge is -2.04. The second-order valence-electron chi connectivity index (χ2n) is 3.48. The molecular formula is C10H15N3O3. The normalized spacial score (nSPS) is 10.1. The lowest BCUT2D eigenvalue weighted by Crippen LogP contribution is -2.39. The van der Waals surface area contributed by atoms with E-state index in [1.807, 2.05) is 6.92 Å². The molecule has 16 heavy (non-hydrogen) atoms. The van der Waals surface area contributed by atoms with Crippen LogP contribution in [0.25, 0.3) is 0 Å². The second kappa shape index (κ2) is 5.29. The number of carbonyl (C=O) groups is 1. The quantitative estimate of drug-likeness (QED) is 0.684. The Bertz CT molecular complexity index is 487. The summed E-state index contributed by atoms with van der Waals surface area (Å²) in [6.45, 7) is 2.53. The third-order valence-electron chi connectivity index (χ3n) is 2.24. The molecule has 0 aliphatic carbocycles. The van der Waals surface area contributed by atoms with Crippen LogP contribution in [0.4, 0.5) is 0 Å². The first-order chi connectivity index (χ1) is 7.57. The summed E-state index contributed by atoms with van der Waals surface area (Å²) in [7, 11) is 1.32. The Balaban J connectivity index is 2.89. The summed E-state index contributed by atoms with van der Waals surface area (Å²) in [6.07, 6.45) is 2.96. The van der Waals surface area contributed by atoms with Crippen LogP contribution in [-0.2, 0) is 7.05 Å². The first kappa shape index (κ1) is 12.2. The first-order valence-corrected chi connectivity index (χ1v) is 5.14. The molecule has 0 aliphatic rings. The van der Waals surface area contributed by atoms with Crippen molar-refractivity contribution in [3.63, 3.8) is 0 Å². The summed E-state index contributed by atoms with van der Waals surface area (Å²) in [5.41, 5.74) is -1.16. The van der Waals surface area contributed by atoms with Gasteiger partial charge in [-0.3, -0.25) is 14.2 Å². The maximum absolute atomic E-state index is 11.6. The molecule has 2 N–H and O–H groups in total. The Labute approximate surface area is 92.3 Å². The predicted octanol–water partition coefficient (Wildman–Crippen LogP) is -0.397. The molecule has 0 aliphatic heterocycles. The topological polar surface area (TPSA) is 84.0 Å². The van der Waals surface area contributed by atoms with Gasteiger partial charge in [-0.2, -0.15) is 0 Å². The smallest absolute Gasteiger partial charge is 0.328 e. The Kier molecular flexibility index (Phi) is 4.04. The molecule has 0 radical (unpaired) electrons. The van der Waals surface area contributed by atoms with Gasteiger partial charge in [0.15, 0.2) is 0 Å². The largest absolute Gasteiger partial charge is 0.352 e. The number of hydrogen-bond donors (Lipinski definition) is 2. The molecule has 0 saturated heterocycles. The molecule has 1 heterocycles. The van der Waals surface area contributed by atoms with Gasteiger partial charge in [0.1, 0.15) is 5.56 Å². The van der Waals surface area contributed by atoms with Crippen LogP contribution in [-0.4, -0.2) is 22.0 Å². The van der Waals surface area contributed by atoms with Gasteiger partial charge >= 0.3 is 5.69 Å². The van der Waals surface area contributed by atoms with Crippen molar-refractivity contribution >= 4 is 5.91 Å². The highest BCUT2D eigenvalue weighted by Crippen LogP contribution is 1.88. The fraction of sp³-hybridized carbons (Fsp3) is 0.500. The van der Waals surface area contributed by atoms with E-state index in [1.165, 1.54) is 7.05 Å². The number of carbonyl (C=O) groups excluding carboxylic acids is 1. The summed E-state index contributed by atoms with van der Waals surface area (Å²) in [5, 5.41) is 2.61. The minimum atomic E-state index is -0.585. The number of H-pyrrole nitrogens is 1. The molecule has 0 atom stereocenters. The van der Waals surface area contributed by atoms with Crippen molar-refractivity contribution in [2.24, 2.45) is 7.05 Å². The Morgan fingerprint density at radius 1 is 1.50 bits per heavy atom. The molecule has 6 heteroatoms. The van der Waals surface area contributed by atoms with Crippen LogP contribution in [0.5, 0.6) is 0 Å². The second-order valence-corrected chi connectivity index (χ2v) is 3.48. The van der Waals surface area contributed by atoms with E-state index in [4.69, 9.17) is 0 Å². The molecule has 1 rings (SSSR count). The van der Waals surface area contributed by atoms with Crippen LogP contribution in [0.3, 0.4) is 0 Å². The lowest BCUT2D eigenvalue weighted by molar-refractivity contribution is 0.0950. The molecule has 1 aromatic rings. The molecule has 88 valence electrons. The highest BCUT2D eigenvalue weighted by atomic mass is 16.2. The van der Waals surface area contributed by atoms with Crippen molar-refractivity contribution in [1.29, 1.82) is 0 Å². The van der Waals surface area contributed by atoms with Gasteiger partial charge in [-0.05, 0) is 6.42 Å². The highest BCUT2D eigenvalue weighted by Gasteiger charge is 2.11. The number of aromatic amines is 1. The summed E-state index contributed by atoms with van der Waals surface area (Å²) in [6, 6.07) is 0. The van der Waals surface area contributed by atoms with Crippen LogP contribution >= 0.6 is 0 Å². The number of aromatic nitrogens is 2. The van der Waals surface area contributed by atoms with Crippen LogP contribution in [0, 0.1) is 0 Å².